The first-order valence-electron chi connectivity index (χ1n) is 9.39. The fourth-order valence-corrected chi connectivity index (χ4v) is 3.89. The molecule has 1 aliphatic heterocycles. The van der Waals surface area contributed by atoms with Gasteiger partial charge in [-0.15, -0.1) is 0 Å². The fraction of sp³-hybridized carbons (Fsp3) is 0.304. The molecule has 2 heterocycles. The van der Waals surface area contributed by atoms with Gasteiger partial charge < -0.3 is 9.32 Å². The first kappa shape index (κ1) is 17.3. The Morgan fingerprint density at radius 3 is 2.56 bits per heavy atom. The molecule has 0 saturated carbocycles. The van der Waals surface area contributed by atoms with Gasteiger partial charge in [-0.05, 0) is 67.8 Å². The number of nitriles is 2. The van der Waals surface area contributed by atoms with Crippen LogP contribution in [0.5, 0.6) is 0 Å². The van der Waals surface area contributed by atoms with Crippen LogP contribution in [0.2, 0.25) is 0 Å². The van der Waals surface area contributed by atoms with Crippen LogP contribution in [0.1, 0.15) is 36.7 Å². The molecule has 4 nitrogen and oxygen atoms in total. The molecule has 0 unspecified atom stereocenters. The maximum absolute atomic E-state index is 9.24. The summed E-state index contributed by atoms with van der Waals surface area (Å²) in [5, 5.41) is 19.4. The van der Waals surface area contributed by atoms with Gasteiger partial charge in [-0.2, -0.15) is 10.5 Å². The predicted octanol–water partition coefficient (Wildman–Crippen LogP) is 4.87. The summed E-state index contributed by atoms with van der Waals surface area (Å²) in [6.45, 7) is 4.52. The molecule has 0 bridgehead atoms. The van der Waals surface area contributed by atoms with E-state index < -0.39 is 0 Å². The third-order valence-electron chi connectivity index (χ3n) is 5.50. The number of likely N-dealkylation sites (tertiary alicyclic amines) is 1. The molecule has 3 aromatic rings. The average Bonchev–Trinajstić information content (AvgIpc) is 3.30. The van der Waals surface area contributed by atoms with E-state index >= 15 is 0 Å². The van der Waals surface area contributed by atoms with Crippen molar-refractivity contribution in [2.75, 3.05) is 13.1 Å². The van der Waals surface area contributed by atoms with Crippen molar-refractivity contribution in [3.8, 4) is 23.3 Å². The summed E-state index contributed by atoms with van der Waals surface area (Å²) in [4.78, 5) is 2.53. The number of hydrogen-bond donors (Lipinski definition) is 0. The second kappa shape index (κ2) is 7.27. The summed E-state index contributed by atoms with van der Waals surface area (Å²) in [6, 6.07) is 18.4. The van der Waals surface area contributed by atoms with E-state index in [9.17, 15) is 5.26 Å². The second-order valence-electron chi connectivity index (χ2n) is 7.23. The molecular weight excluding hydrogens is 334 g/mol. The highest BCUT2D eigenvalue weighted by Crippen LogP contribution is 2.28. The van der Waals surface area contributed by atoms with Crippen LogP contribution < -0.4 is 0 Å². The number of benzene rings is 2. The third-order valence-corrected chi connectivity index (χ3v) is 5.50. The van der Waals surface area contributed by atoms with E-state index in [1.54, 1.807) is 12.1 Å². The van der Waals surface area contributed by atoms with Crippen LogP contribution in [-0.2, 0) is 6.42 Å². The Balaban J connectivity index is 1.58. The quantitative estimate of drug-likeness (QED) is 0.670. The molecule has 1 atom stereocenters. The number of furan rings is 1. The Hall–Kier alpha value is -3.08. The molecule has 0 spiro atoms. The van der Waals surface area contributed by atoms with Crippen molar-refractivity contribution < 1.29 is 4.42 Å². The van der Waals surface area contributed by atoms with E-state index in [2.05, 4.69) is 36.1 Å². The molecule has 4 heteroatoms. The van der Waals surface area contributed by atoms with Crippen molar-refractivity contribution in [2.24, 2.45) is 0 Å². The van der Waals surface area contributed by atoms with Gasteiger partial charge in [-0.1, -0.05) is 12.1 Å². The summed E-state index contributed by atoms with van der Waals surface area (Å²) < 4.78 is 6.01. The van der Waals surface area contributed by atoms with Crippen LogP contribution in [-0.4, -0.2) is 24.0 Å². The lowest BCUT2D eigenvalue weighted by molar-refractivity contribution is 0.266. The lowest BCUT2D eigenvalue weighted by atomic mass is 9.99. The Kier molecular flexibility index (Phi) is 4.67. The van der Waals surface area contributed by atoms with Gasteiger partial charge in [0.05, 0.1) is 11.1 Å². The largest absolute Gasteiger partial charge is 0.461 e. The van der Waals surface area contributed by atoms with Crippen molar-refractivity contribution >= 4 is 11.0 Å². The van der Waals surface area contributed by atoms with Crippen molar-refractivity contribution in [2.45, 2.75) is 32.2 Å². The maximum atomic E-state index is 9.24. The minimum atomic E-state index is 0.405. The number of nitrogens with zero attached hydrogens (tertiary/aromatic N) is 3. The Labute approximate surface area is 159 Å². The Morgan fingerprint density at radius 2 is 1.81 bits per heavy atom. The van der Waals surface area contributed by atoms with Gasteiger partial charge in [0.15, 0.2) is 0 Å². The maximum Gasteiger partial charge on any atom is 0.134 e. The molecule has 2 aromatic carbocycles. The monoisotopic (exact) mass is 355 g/mol. The molecule has 0 N–H and O–H groups in total. The summed E-state index contributed by atoms with van der Waals surface area (Å²) in [5.41, 5.74) is 3.65. The highest BCUT2D eigenvalue weighted by molar-refractivity contribution is 5.84. The summed E-state index contributed by atoms with van der Waals surface area (Å²) in [6.07, 6.45) is 3.50. The standard InChI is InChI=1S/C23H21N3O/c1-16-3-2-9-26(16)10-8-22-13-20-11-18(6-7-23(20)27-22)17-4-5-19(14-24)21(12-17)15-25/h4-7,11-13,16H,2-3,8-10H2,1H3/t16-/m1/s1. The minimum absolute atomic E-state index is 0.405. The molecule has 4 rings (SSSR count). The zero-order valence-electron chi connectivity index (χ0n) is 15.4. The zero-order valence-corrected chi connectivity index (χ0v) is 15.4. The third kappa shape index (κ3) is 3.45. The fourth-order valence-electron chi connectivity index (χ4n) is 3.89. The summed E-state index contributed by atoms with van der Waals surface area (Å²) in [5.74, 6) is 1.01. The normalized spacial score (nSPS) is 17.1. The lowest BCUT2D eigenvalue weighted by Crippen LogP contribution is -2.28. The van der Waals surface area contributed by atoms with Crippen LogP contribution >= 0.6 is 0 Å². The van der Waals surface area contributed by atoms with E-state index in [1.165, 1.54) is 19.4 Å². The van der Waals surface area contributed by atoms with Crippen molar-refractivity contribution in [1.29, 1.82) is 10.5 Å². The second-order valence-corrected chi connectivity index (χ2v) is 7.23. The van der Waals surface area contributed by atoms with Gasteiger partial charge in [0.2, 0.25) is 0 Å². The summed E-state index contributed by atoms with van der Waals surface area (Å²) >= 11 is 0. The minimum Gasteiger partial charge on any atom is -0.461 e. The van der Waals surface area contributed by atoms with Crippen molar-refractivity contribution in [3.63, 3.8) is 0 Å². The molecular formula is C23H21N3O. The van der Waals surface area contributed by atoms with Crippen molar-refractivity contribution in [1.82, 2.24) is 4.90 Å². The zero-order chi connectivity index (χ0) is 18.8. The van der Waals surface area contributed by atoms with Gasteiger partial charge >= 0.3 is 0 Å². The molecule has 0 aliphatic carbocycles. The lowest BCUT2D eigenvalue weighted by Gasteiger charge is -2.19. The first-order chi connectivity index (χ1) is 13.2. The van der Waals surface area contributed by atoms with Crippen LogP contribution in [0, 0.1) is 22.7 Å². The van der Waals surface area contributed by atoms with Crippen LogP contribution in [0.3, 0.4) is 0 Å². The SMILES string of the molecule is C[C@@H]1CCCN1CCc1cc2cc(-c3ccc(C#N)c(C#N)c3)ccc2o1. The van der Waals surface area contributed by atoms with E-state index in [0.29, 0.717) is 17.2 Å². The van der Waals surface area contributed by atoms with E-state index in [4.69, 9.17) is 9.68 Å². The van der Waals surface area contributed by atoms with E-state index in [-0.39, 0.29) is 0 Å². The van der Waals surface area contributed by atoms with Gasteiger partial charge in [0.1, 0.15) is 23.5 Å². The average molecular weight is 355 g/mol. The number of fused-ring (bicyclic) bond motifs is 1. The Bertz CT molecular complexity index is 1070. The predicted molar refractivity (Wildman–Crippen MR) is 105 cm³/mol. The van der Waals surface area contributed by atoms with Crippen LogP contribution in [0.25, 0.3) is 22.1 Å². The van der Waals surface area contributed by atoms with Gasteiger partial charge in [-0.3, -0.25) is 0 Å². The van der Waals surface area contributed by atoms with E-state index in [1.807, 2.05) is 18.2 Å². The molecule has 1 aromatic heterocycles. The number of rotatable bonds is 4. The van der Waals surface area contributed by atoms with Crippen molar-refractivity contribution in [3.05, 3.63) is 59.4 Å². The first-order valence-corrected chi connectivity index (χ1v) is 9.39. The highest BCUT2D eigenvalue weighted by Gasteiger charge is 2.20. The molecule has 0 amide bonds. The van der Waals surface area contributed by atoms with Gasteiger partial charge in [0.25, 0.3) is 0 Å². The Morgan fingerprint density at radius 1 is 1.04 bits per heavy atom. The van der Waals surface area contributed by atoms with E-state index in [0.717, 1.165) is 40.8 Å². The van der Waals surface area contributed by atoms with Gasteiger partial charge in [-0.25, -0.2) is 0 Å². The topological polar surface area (TPSA) is 64.0 Å². The van der Waals surface area contributed by atoms with Crippen LogP contribution in [0.15, 0.2) is 46.9 Å². The smallest absolute Gasteiger partial charge is 0.134 e. The molecule has 27 heavy (non-hydrogen) atoms. The summed E-state index contributed by atoms with van der Waals surface area (Å²) in [7, 11) is 0. The highest BCUT2D eigenvalue weighted by atomic mass is 16.3. The number of hydrogen-bond acceptors (Lipinski definition) is 4. The molecule has 134 valence electrons. The molecule has 1 fully saturated rings. The molecule has 1 aliphatic rings. The molecule has 0 radical (unpaired) electrons. The van der Waals surface area contributed by atoms with Crippen LogP contribution in [0.4, 0.5) is 0 Å². The van der Waals surface area contributed by atoms with Gasteiger partial charge in [0, 0.05) is 24.4 Å². The molecule has 1 saturated heterocycles.